The van der Waals surface area contributed by atoms with Crippen LogP contribution in [0.3, 0.4) is 0 Å². The number of rotatable bonds is 0. The molecule has 2 aliphatic carbocycles. The van der Waals surface area contributed by atoms with Crippen LogP contribution in [0, 0.1) is 18.3 Å². The molecular weight excluding hydrogens is 220 g/mol. The van der Waals surface area contributed by atoms with Crippen molar-refractivity contribution in [2.24, 2.45) is 11.3 Å². The second-order valence-electron chi connectivity index (χ2n) is 7.11. The largest absolute Gasteiger partial charge is 0.294 e. The molecule has 0 bridgehead atoms. The van der Waals surface area contributed by atoms with E-state index in [0.29, 0.717) is 5.78 Å². The van der Waals surface area contributed by atoms with Crippen molar-refractivity contribution >= 4 is 5.78 Å². The second kappa shape index (κ2) is 3.46. The Labute approximate surface area is 110 Å². The maximum absolute atomic E-state index is 12.8. The predicted octanol–water partition coefficient (Wildman–Crippen LogP) is 4.28. The number of carbonyl (C=O) groups excluding carboxylic acids is 1. The molecule has 96 valence electrons. The molecule has 0 heterocycles. The molecule has 0 N–H and O–H groups in total. The van der Waals surface area contributed by atoms with Gasteiger partial charge in [-0.2, -0.15) is 0 Å². The van der Waals surface area contributed by atoms with Crippen LogP contribution in [0.5, 0.6) is 0 Å². The van der Waals surface area contributed by atoms with Crippen LogP contribution < -0.4 is 0 Å². The molecule has 0 amide bonds. The first-order valence-electron chi connectivity index (χ1n) is 7.02. The van der Waals surface area contributed by atoms with Crippen molar-refractivity contribution in [3.8, 4) is 0 Å². The van der Waals surface area contributed by atoms with Crippen molar-refractivity contribution in [3.05, 3.63) is 34.9 Å². The number of hydrogen-bond acceptors (Lipinski definition) is 1. The van der Waals surface area contributed by atoms with Crippen LogP contribution in [-0.4, -0.2) is 5.78 Å². The lowest BCUT2D eigenvalue weighted by atomic mass is 9.56. The standard InChI is InChI=1S/C17H22O/c1-11-6-7-12-13(10-11)17(4)9-5-8-16(2,3)15(17)14(12)18/h6-7,10,15H,5,8-9H2,1-4H3/t15-,17-/m0/s1. The summed E-state index contributed by atoms with van der Waals surface area (Å²) in [7, 11) is 0. The fourth-order valence-corrected chi connectivity index (χ4v) is 4.50. The molecule has 1 nitrogen and oxygen atoms in total. The summed E-state index contributed by atoms with van der Waals surface area (Å²) in [6, 6.07) is 6.37. The first kappa shape index (κ1) is 12.0. The monoisotopic (exact) mass is 242 g/mol. The summed E-state index contributed by atoms with van der Waals surface area (Å²) in [6.45, 7) is 8.97. The molecule has 1 fully saturated rings. The number of fused-ring (bicyclic) bond motifs is 3. The fraction of sp³-hybridized carbons (Fsp3) is 0.588. The average Bonchev–Trinajstić information content (AvgIpc) is 2.48. The SMILES string of the molecule is Cc1ccc2c(c1)[C@]1(C)CCCC(C)(C)[C@@H]1C2=O. The van der Waals surface area contributed by atoms with E-state index >= 15 is 0 Å². The lowest BCUT2D eigenvalue weighted by molar-refractivity contribution is 0.0500. The minimum atomic E-state index is 0.0696. The van der Waals surface area contributed by atoms with Crippen LogP contribution in [0.4, 0.5) is 0 Å². The van der Waals surface area contributed by atoms with E-state index < -0.39 is 0 Å². The summed E-state index contributed by atoms with van der Waals surface area (Å²) in [5.74, 6) is 0.563. The topological polar surface area (TPSA) is 17.1 Å². The Bertz CT molecular complexity index is 526. The maximum Gasteiger partial charge on any atom is 0.167 e. The van der Waals surface area contributed by atoms with Crippen molar-refractivity contribution in [1.82, 2.24) is 0 Å². The molecule has 1 heteroatoms. The molecule has 3 rings (SSSR count). The van der Waals surface area contributed by atoms with Gasteiger partial charge < -0.3 is 0 Å². The van der Waals surface area contributed by atoms with E-state index in [0.717, 1.165) is 12.0 Å². The van der Waals surface area contributed by atoms with Crippen molar-refractivity contribution in [1.29, 1.82) is 0 Å². The van der Waals surface area contributed by atoms with Crippen molar-refractivity contribution in [3.63, 3.8) is 0 Å². The Kier molecular flexibility index (Phi) is 2.30. The summed E-state index contributed by atoms with van der Waals surface area (Å²) in [5, 5.41) is 0. The van der Waals surface area contributed by atoms with Crippen LogP contribution in [-0.2, 0) is 5.41 Å². The fourth-order valence-electron chi connectivity index (χ4n) is 4.50. The molecule has 1 aromatic rings. The number of ketones is 1. The van der Waals surface area contributed by atoms with E-state index in [4.69, 9.17) is 0 Å². The van der Waals surface area contributed by atoms with Gasteiger partial charge in [0.1, 0.15) is 0 Å². The lowest BCUT2D eigenvalue weighted by Gasteiger charge is -2.46. The summed E-state index contributed by atoms with van der Waals surface area (Å²) < 4.78 is 0. The van der Waals surface area contributed by atoms with Gasteiger partial charge in [-0.25, -0.2) is 0 Å². The molecule has 1 saturated carbocycles. The predicted molar refractivity (Wildman–Crippen MR) is 74.0 cm³/mol. The van der Waals surface area contributed by atoms with Crippen LogP contribution in [0.2, 0.25) is 0 Å². The molecule has 0 spiro atoms. The van der Waals surface area contributed by atoms with E-state index in [1.54, 1.807) is 0 Å². The Morgan fingerprint density at radius 2 is 1.89 bits per heavy atom. The first-order valence-corrected chi connectivity index (χ1v) is 7.02. The molecule has 18 heavy (non-hydrogen) atoms. The molecule has 0 radical (unpaired) electrons. The molecule has 2 atom stereocenters. The molecule has 0 saturated heterocycles. The first-order chi connectivity index (χ1) is 8.36. The van der Waals surface area contributed by atoms with Gasteiger partial charge in [-0.3, -0.25) is 4.79 Å². The third-order valence-electron chi connectivity index (χ3n) is 5.25. The van der Waals surface area contributed by atoms with Gasteiger partial charge in [-0.1, -0.05) is 51.0 Å². The van der Waals surface area contributed by atoms with Gasteiger partial charge in [0.2, 0.25) is 0 Å². The van der Waals surface area contributed by atoms with Gasteiger partial charge in [-0.15, -0.1) is 0 Å². The van der Waals surface area contributed by atoms with Gasteiger partial charge in [0.05, 0.1) is 0 Å². The van der Waals surface area contributed by atoms with Crippen molar-refractivity contribution in [2.75, 3.05) is 0 Å². The van der Waals surface area contributed by atoms with E-state index in [1.807, 2.05) is 6.07 Å². The van der Waals surface area contributed by atoms with Crippen molar-refractivity contribution in [2.45, 2.75) is 52.4 Å². The highest BCUT2D eigenvalue weighted by molar-refractivity contribution is 6.04. The summed E-state index contributed by atoms with van der Waals surface area (Å²) >= 11 is 0. The Morgan fingerprint density at radius 1 is 1.17 bits per heavy atom. The lowest BCUT2D eigenvalue weighted by Crippen LogP contribution is -2.44. The van der Waals surface area contributed by atoms with Crippen LogP contribution in [0.1, 0.15) is 61.5 Å². The number of hydrogen-bond donors (Lipinski definition) is 0. The van der Waals surface area contributed by atoms with Gasteiger partial charge in [0, 0.05) is 16.9 Å². The highest BCUT2D eigenvalue weighted by Crippen LogP contribution is 2.58. The quantitative estimate of drug-likeness (QED) is 0.664. The van der Waals surface area contributed by atoms with Gasteiger partial charge >= 0.3 is 0 Å². The third-order valence-corrected chi connectivity index (χ3v) is 5.25. The van der Waals surface area contributed by atoms with Crippen molar-refractivity contribution < 1.29 is 4.79 Å². The number of aryl methyl sites for hydroxylation is 1. The van der Waals surface area contributed by atoms with E-state index in [2.05, 4.69) is 39.8 Å². The van der Waals surface area contributed by atoms with E-state index in [1.165, 1.54) is 24.0 Å². The Hall–Kier alpha value is -1.11. The Balaban J connectivity index is 2.23. The Morgan fingerprint density at radius 3 is 2.61 bits per heavy atom. The second-order valence-corrected chi connectivity index (χ2v) is 7.11. The highest BCUT2D eigenvalue weighted by Gasteiger charge is 2.56. The maximum atomic E-state index is 12.8. The van der Waals surface area contributed by atoms with Gasteiger partial charge in [-0.05, 0) is 30.7 Å². The zero-order valence-corrected chi connectivity index (χ0v) is 11.8. The molecule has 0 unspecified atom stereocenters. The van der Waals surface area contributed by atoms with Gasteiger partial charge in [0.15, 0.2) is 5.78 Å². The molecule has 2 aliphatic rings. The molecule has 1 aromatic carbocycles. The highest BCUT2D eigenvalue weighted by atomic mass is 16.1. The molecular formula is C17H22O. The smallest absolute Gasteiger partial charge is 0.167 e. The number of Topliss-reactive ketones (excluding diaryl/α,β-unsaturated/α-hetero) is 1. The van der Waals surface area contributed by atoms with E-state index in [-0.39, 0.29) is 16.7 Å². The van der Waals surface area contributed by atoms with Crippen LogP contribution in [0.15, 0.2) is 18.2 Å². The van der Waals surface area contributed by atoms with Crippen LogP contribution >= 0.6 is 0 Å². The minimum Gasteiger partial charge on any atom is -0.294 e. The molecule has 0 aliphatic heterocycles. The third kappa shape index (κ3) is 1.36. The number of benzene rings is 1. The zero-order valence-electron chi connectivity index (χ0n) is 11.8. The van der Waals surface area contributed by atoms with Gasteiger partial charge in [0.25, 0.3) is 0 Å². The normalized spacial score (nSPS) is 33.1. The summed E-state index contributed by atoms with van der Waals surface area (Å²) in [5.41, 5.74) is 3.78. The van der Waals surface area contributed by atoms with Crippen LogP contribution in [0.25, 0.3) is 0 Å². The molecule has 0 aromatic heterocycles. The summed E-state index contributed by atoms with van der Waals surface area (Å²) in [6.07, 6.45) is 3.57. The summed E-state index contributed by atoms with van der Waals surface area (Å²) in [4.78, 5) is 12.8. The minimum absolute atomic E-state index is 0.0696. The zero-order chi connectivity index (χ0) is 13.1. The number of carbonyl (C=O) groups is 1. The average molecular weight is 242 g/mol. The van der Waals surface area contributed by atoms with E-state index in [9.17, 15) is 4.79 Å².